The first kappa shape index (κ1) is 11.0. The summed E-state index contributed by atoms with van der Waals surface area (Å²) in [5, 5.41) is 0.0603. The summed E-state index contributed by atoms with van der Waals surface area (Å²) < 4.78 is 35.6. The van der Waals surface area contributed by atoms with Gasteiger partial charge in [-0.05, 0) is 11.6 Å². The number of ketones is 1. The monoisotopic (exact) mass is 223 g/mol. The van der Waals surface area contributed by atoms with Crippen molar-refractivity contribution in [2.24, 2.45) is 0 Å². The van der Waals surface area contributed by atoms with Crippen molar-refractivity contribution in [2.45, 2.75) is 12.6 Å². The van der Waals surface area contributed by atoms with Crippen LogP contribution in [0.25, 0.3) is 0 Å². The molecule has 14 heavy (non-hydrogen) atoms. The molecule has 0 fully saturated rings. The third-order valence-electron chi connectivity index (χ3n) is 1.52. The van der Waals surface area contributed by atoms with Gasteiger partial charge in [-0.2, -0.15) is 13.2 Å². The number of hydrogen-bond donors (Lipinski definition) is 0. The molecular weight excluding hydrogens is 219 g/mol. The predicted molar refractivity (Wildman–Crippen MR) is 44.0 cm³/mol. The molecule has 1 heterocycles. The van der Waals surface area contributed by atoms with Crippen molar-refractivity contribution < 1.29 is 18.0 Å². The van der Waals surface area contributed by atoms with Gasteiger partial charge >= 0.3 is 6.18 Å². The van der Waals surface area contributed by atoms with Crippen LogP contribution in [0.15, 0.2) is 18.5 Å². The van der Waals surface area contributed by atoms with Crippen molar-refractivity contribution >= 4 is 17.4 Å². The van der Waals surface area contributed by atoms with Gasteiger partial charge in [0.15, 0.2) is 0 Å². The minimum Gasteiger partial charge on any atom is -0.289 e. The maximum Gasteiger partial charge on any atom is 0.450 e. The lowest BCUT2D eigenvalue weighted by atomic mass is 10.1. The van der Waals surface area contributed by atoms with Gasteiger partial charge in [0.05, 0.1) is 5.02 Å². The van der Waals surface area contributed by atoms with Gasteiger partial charge in [-0.3, -0.25) is 9.78 Å². The quantitative estimate of drug-likeness (QED) is 0.771. The molecule has 0 amide bonds. The number of pyridine rings is 1. The van der Waals surface area contributed by atoms with E-state index in [1.807, 2.05) is 0 Å². The van der Waals surface area contributed by atoms with Crippen LogP contribution in [0.2, 0.25) is 5.02 Å². The first-order chi connectivity index (χ1) is 6.41. The molecule has 0 bridgehead atoms. The van der Waals surface area contributed by atoms with Crippen LogP contribution in [0.4, 0.5) is 13.2 Å². The lowest BCUT2D eigenvalue weighted by Crippen LogP contribution is -2.24. The SMILES string of the molecule is O=C(Cc1ccncc1Cl)C(F)(F)F. The summed E-state index contributed by atoms with van der Waals surface area (Å²) in [6, 6.07) is 1.28. The van der Waals surface area contributed by atoms with E-state index in [0.29, 0.717) is 0 Å². The molecule has 0 spiro atoms. The Morgan fingerprint density at radius 3 is 2.64 bits per heavy atom. The van der Waals surface area contributed by atoms with E-state index in [1.165, 1.54) is 18.5 Å². The smallest absolute Gasteiger partial charge is 0.289 e. The molecule has 76 valence electrons. The Kier molecular flexibility index (Phi) is 3.10. The highest BCUT2D eigenvalue weighted by molar-refractivity contribution is 6.31. The first-order valence-corrected chi connectivity index (χ1v) is 3.97. The van der Waals surface area contributed by atoms with Crippen LogP contribution in [-0.2, 0) is 11.2 Å². The Hall–Kier alpha value is -1.10. The Balaban J connectivity index is 2.80. The van der Waals surface area contributed by atoms with Crippen molar-refractivity contribution in [1.82, 2.24) is 4.98 Å². The van der Waals surface area contributed by atoms with E-state index in [4.69, 9.17) is 11.6 Å². The highest BCUT2D eigenvalue weighted by Crippen LogP contribution is 2.21. The fourth-order valence-corrected chi connectivity index (χ4v) is 1.01. The van der Waals surface area contributed by atoms with Crippen LogP contribution in [0.3, 0.4) is 0 Å². The topological polar surface area (TPSA) is 30.0 Å². The molecule has 1 aromatic rings. The van der Waals surface area contributed by atoms with E-state index in [0.717, 1.165) is 0 Å². The molecule has 2 nitrogen and oxygen atoms in total. The van der Waals surface area contributed by atoms with Crippen molar-refractivity contribution in [1.29, 1.82) is 0 Å². The molecule has 0 aliphatic heterocycles. The number of rotatable bonds is 2. The zero-order chi connectivity index (χ0) is 10.8. The third-order valence-corrected chi connectivity index (χ3v) is 1.86. The molecular formula is C8H5ClF3NO. The second-order valence-electron chi connectivity index (χ2n) is 2.56. The van der Waals surface area contributed by atoms with Crippen LogP contribution in [-0.4, -0.2) is 16.9 Å². The van der Waals surface area contributed by atoms with Crippen molar-refractivity contribution in [3.8, 4) is 0 Å². The van der Waals surface area contributed by atoms with Crippen molar-refractivity contribution in [3.05, 3.63) is 29.0 Å². The number of nitrogens with zero attached hydrogens (tertiary/aromatic N) is 1. The van der Waals surface area contributed by atoms with Crippen LogP contribution in [0, 0.1) is 0 Å². The molecule has 0 saturated heterocycles. The Morgan fingerprint density at radius 1 is 1.50 bits per heavy atom. The number of hydrogen-bond acceptors (Lipinski definition) is 2. The zero-order valence-corrected chi connectivity index (χ0v) is 7.56. The number of halogens is 4. The van der Waals surface area contributed by atoms with Crippen molar-refractivity contribution in [2.75, 3.05) is 0 Å². The predicted octanol–water partition coefficient (Wildman–Crippen LogP) is 2.41. The summed E-state index contributed by atoms with van der Waals surface area (Å²) >= 11 is 5.54. The molecule has 1 rings (SSSR count). The van der Waals surface area contributed by atoms with E-state index in [-0.39, 0.29) is 10.6 Å². The minimum atomic E-state index is -4.81. The lowest BCUT2D eigenvalue weighted by Gasteiger charge is -2.05. The molecule has 0 aliphatic rings. The van der Waals surface area contributed by atoms with Gasteiger partial charge in [0, 0.05) is 18.8 Å². The van der Waals surface area contributed by atoms with Crippen LogP contribution in [0.5, 0.6) is 0 Å². The molecule has 6 heteroatoms. The normalized spacial score (nSPS) is 11.4. The van der Waals surface area contributed by atoms with Gasteiger partial charge in [0.2, 0.25) is 5.78 Å². The summed E-state index contributed by atoms with van der Waals surface area (Å²) in [5.41, 5.74) is 0.129. The number of aromatic nitrogens is 1. The Labute approximate surface area is 82.7 Å². The maximum absolute atomic E-state index is 11.9. The van der Waals surface area contributed by atoms with Crippen LogP contribution >= 0.6 is 11.6 Å². The second-order valence-corrected chi connectivity index (χ2v) is 2.97. The Bertz CT molecular complexity index is 351. The van der Waals surface area contributed by atoms with Gasteiger partial charge < -0.3 is 0 Å². The molecule has 0 aliphatic carbocycles. The maximum atomic E-state index is 11.9. The summed E-state index contributed by atoms with van der Waals surface area (Å²) in [6.07, 6.45) is -3.08. The van der Waals surface area contributed by atoms with E-state index >= 15 is 0 Å². The largest absolute Gasteiger partial charge is 0.450 e. The summed E-state index contributed by atoms with van der Waals surface area (Å²) in [5.74, 6) is -1.81. The zero-order valence-electron chi connectivity index (χ0n) is 6.81. The van der Waals surface area contributed by atoms with E-state index in [9.17, 15) is 18.0 Å². The standard InChI is InChI=1S/C8H5ClF3NO/c9-6-4-13-2-1-5(6)3-7(14)8(10,11)12/h1-2,4H,3H2. The number of alkyl halides is 3. The van der Waals surface area contributed by atoms with Crippen LogP contribution in [0.1, 0.15) is 5.56 Å². The number of carbonyl (C=O) groups excluding carboxylic acids is 1. The van der Waals surface area contributed by atoms with E-state index < -0.39 is 18.4 Å². The minimum absolute atomic E-state index is 0.0603. The van der Waals surface area contributed by atoms with E-state index in [1.54, 1.807) is 0 Å². The fourth-order valence-electron chi connectivity index (χ4n) is 0.821. The highest BCUT2D eigenvalue weighted by Gasteiger charge is 2.37. The van der Waals surface area contributed by atoms with Gasteiger partial charge in [0.1, 0.15) is 0 Å². The third kappa shape index (κ3) is 2.70. The summed E-state index contributed by atoms with van der Waals surface area (Å²) in [7, 11) is 0. The molecule has 1 aromatic heterocycles. The summed E-state index contributed by atoms with van der Waals surface area (Å²) in [4.78, 5) is 14.2. The van der Waals surface area contributed by atoms with Gasteiger partial charge in [-0.25, -0.2) is 0 Å². The summed E-state index contributed by atoms with van der Waals surface area (Å²) in [6.45, 7) is 0. The molecule has 0 aromatic carbocycles. The second kappa shape index (κ2) is 3.96. The average Bonchev–Trinajstić information content (AvgIpc) is 2.07. The fraction of sp³-hybridized carbons (Fsp3) is 0.250. The highest BCUT2D eigenvalue weighted by atomic mass is 35.5. The Morgan fingerprint density at radius 2 is 2.14 bits per heavy atom. The lowest BCUT2D eigenvalue weighted by molar-refractivity contribution is -0.170. The van der Waals surface area contributed by atoms with E-state index in [2.05, 4.69) is 4.98 Å². The van der Waals surface area contributed by atoms with Gasteiger partial charge in [-0.1, -0.05) is 11.6 Å². The number of carbonyl (C=O) groups is 1. The number of Topliss-reactive ketones (excluding diaryl/α,β-unsaturated/α-hetero) is 1. The van der Waals surface area contributed by atoms with Gasteiger partial charge in [-0.15, -0.1) is 0 Å². The molecule has 0 unspecified atom stereocenters. The molecule has 0 saturated carbocycles. The molecule has 0 radical (unpaired) electrons. The van der Waals surface area contributed by atoms with Gasteiger partial charge in [0.25, 0.3) is 0 Å². The molecule has 0 atom stereocenters. The molecule has 0 N–H and O–H groups in total. The first-order valence-electron chi connectivity index (χ1n) is 3.59. The van der Waals surface area contributed by atoms with Crippen molar-refractivity contribution in [3.63, 3.8) is 0 Å². The van der Waals surface area contributed by atoms with Crippen LogP contribution < -0.4 is 0 Å². The average molecular weight is 224 g/mol.